The number of Topliss-reactive ketones (excluding diaryl/α,β-unsaturated/α-hetero) is 2. The number of nitrogens with two attached hydrogens (primary N) is 1. The molecule has 4 aliphatic rings. The molecule has 1 aliphatic carbocycles. The number of hydrogen-bond acceptors (Lipinski definition) is 11. The molecule has 1 saturated carbocycles. The summed E-state index contributed by atoms with van der Waals surface area (Å²) >= 11 is 0. The minimum atomic E-state index is -2.46. The summed E-state index contributed by atoms with van der Waals surface area (Å²) in [5.41, 5.74) is 8.35. The number of amides is 1. The molecule has 0 aromatic carbocycles. The Morgan fingerprint density at radius 1 is 1.02 bits per heavy atom. The van der Waals surface area contributed by atoms with E-state index in [2.05, 4.69) is 25.7 Å². The maximum absolute atomic E-state index is 14.3. The molecule has 3 fully saturated rings. The third kappa shape index (κ3) is 11.7. The summed E-state index contributed by atoms with van der Waals surface area (Å²) in [7, 11) is 3.11. The number of ether oxygens (including phenoxy) is 5. The van der Waals surface area contributed by atoms with Crippen molar-refractivity contribution in [3.8, 4) is 0 Å². The van der Waals surface area contributed by atoms with Crippen molar-refractivity contribution in [3.63, 3.8) is 0 Å². The van der Waals surface area contributed by atoms with Gasteiger partial charge in [0.1, 0.15) is 24.0 Å². The monoisotopic (exact) mass is 801 g/mol. The lowest BCUT2D eigenvalue weighted by Gasteiger charge is -2.47. The van der Waals surface area contributed by atoms with E-state index in [0.29, 0.717) is 58.0 Å². The molecule has 3 N–H and O–H groups in total. The van der Waals surface area contributed by atoms with Gasteiger partial charge in [-0.2, -0.15) is 0 Å². The zero-order valence-electron chi connectivity index (χ0n) is 35.9. The first-order valence-electron chi connectivity index (χ1n) is 21.5. The highest BCUT2D eigenvalue weighted by molar-refractivity contribution is 6.39. The number of ketones is 2. The summed E-state index contributed by atoms with van der Waals surface area (Å²) in [6, 6.07) is -1.11. The summed E-state index contributed by atoms with van der Waals surface area (Å²) in [5, 5.41) is 12.0. The molecule has 0 spiro atoms. The molecule has 322 valence electrons. The summed E-state index contributed by atoms with van der Waals surface area (Å²) < 4.78 is 30.4. The number of esters is 1. The number of nitrogens with zero attached hydrogens (tertiary/aromatic N) is 1. The maximum atomic E-state index is 14.3. The van der Waals surface area contributed by atoms with Gasteiger partial charge in [0.2, 0.25) is 5.79 Å². The second-order valence-corrected chi connectivity index (χ2v) is 17.5. The van der Waals surface area contributed by atoms with Crippen LogP contribution in [0.15, 0.2) is 36.0 Å². The Kier molecular flexibility index (Phi) is 17.7. The van der Waals surface area contributed by atoms with E-state index in [0.717, 1.165) is 30.4 Å². The molecule has 2 bridgehead atoms. The van der Waals surface area contributed by atoms with Gasteiger partial charge in [-0.1, -0.05) is 51.5 Å². The lowest BCUT2D eigenvalue weighted by atomic mass is 9.81. The van der Waals surface area contributed by atoms with Crippen LogP contribution in [0.4, 0.5) is 0 Å². The fourth-order valence-electron chi connectivity index (χ4n) is 9.57. The van der Waals surface area contributed by atoms with Gasteiger partial charge in [0.05, 0.1) is 24.9 Å². The molecule has 4 rings (SSSR count). The Morgan fingerprint density at radius 3 is 2.39 bits per heavy atom. The van der Waals surface area contributed by atoms with Crippen LogP contribution in [0, 0.1) is 29.6 Å². The van der Waals surface area contributed by atoms with Crippen LogP contribution in [-0.4, -0.2) is 109 Å². The summed E-state index contributed by atoms with van der Waals surface area (Å²) in [6.45, 7) is 16.1. The van der Waals surface area contributed by atoms with Crippen molar-refractivity contribution >= 4 is 23.4 Å². The van der Waals surface area contributed by atoms with Gasteiger partial charge in [-0.15, -0.1) is 6.58 Å². The Morgan fingerprint density at radius 2 is 1.72 bits per heavy atom. The predicted molar refractivity (Wildman–Crippen MR) is 218 cm³/mol. The van der Waals surface area contributed by atoms with E-state index >= 15 is 0 Å². The van der Waals surface area contributed by atoms with Gasteiger partial charge in [-0.05, 0) is 108 Å². The lowest BCUT2D eigenvalue weighted by Crippen LogP contribution is -2.64. The molecule has 0 aromatic rings. The molecule has 3 heterocycles. The first kappa shape index (κ1) is 46.9. The first-order valence-corrected chi connectivity index (χ1v) is 21.5. The highest BCUT2D eigenvalue weighted by atomic mass is 16.7. The zero-order chi connectivity index (χ0) is 42.0. The van der Waals surface area contributed by atoms with Gasteiger partial charge in [0.25, 0.3) is 11.7 Å². The van der Waals surface area contributed by atoms with Crippen molar-refractivity contribution in [1.29, 1.82) is 0 Å². The number of methoxy groups -OCH3 is 2. The highest BCUT2D eigenvalue weighted by Crippen LogP contribution is 2.39. The quantitative estimate of drug-likeness (QED) is 0.168. The highest BCUT2D eigenvalue weighted by Gasteiger charge is 2.56. The van der Waals surface area contributed by atoms with E-state index in [-0.39, 0.29) is 54.6 Å². The fourth-order valence-corrected chi connectivity index (χ4v) is 9.57. The van der Waals surface area contributed by atoms with E-state index in [1.165, 1.54) is 4.90 Å². The number of cyclic esters (lactones) is 1. The molecule has 13 unspecified atom stereocenters. The first-order chi connectivity index (χ1) is 27.1. The summed E-state index contributed by atoms with van der Waals surface area (Å²) in [5.74, 6) is -6.07. The Hall–Kier alpha value is -2.74. The third-order valence-electron chi connectivity index (χ3n) is 13.0. The number of carbonyl (C=O) groups is 4. The van der Waals surface area contributed by atoms with Gasteiger partial charge in [0, 0.05) is 45.1 Å². The second-order valence-electron chi connectivity index (χ2n) is 17.5. The summed E-state index contributed by atoms with van der Waals surface area (Å²) in [4.78, 5) is 57.9. The summed E-state index contributed by atoms with van der Waals surface area (Å²) in [6.07, 6.45) is 10.1. The van der Waals surface area contributed by atoms with Crippen LogP contribution in [-0.2, 0) is 42.9 Å². The van der Waals surface area contributed by atoms with E-state index in [9.17, 15) is 24.3 Å². The van der Waals surface area contributed by atoms with E-state index in [1.54, 1.807) is 27.2 Å². The van der Waals surface area contributed by atoms with Gasteiger partial charge < -0.3 is 39.4 Å². The minimum absolute atomic E-state index is 0.0782. The number of fused-ring (bicyclic) bond motifs is 3. The molecule has 12 nitrogen and oxygen atoms in total. The van der Waals surface area contributed by atoms with Crippen LogP contribution in [0.3, 0.4) is 0 Å². The molecule has 12 heteroatoms. The lowest BCUT2D eigenvalue weighted by molar-refractivity contribution is -0.302. The molecule has 57 heavy (non-hydrogen) atoms. The Bertz CT molecular complexity index is 1460. The Labute approximate surface area is 341 Å². The Balaban J connectivity index is 1.73. The second kappa shape index (κ2) is 21.5. The number of rotatable bonds is 8. The molecule has 1 amide bonds. The molecule has 0 aromatic heterocycles. The van der Waals surface area contributed by atoms with E-state index < -0.39 is 59.8 Å². The van der Waals surface area contributed by atoms with Gasteiger partial charge >= 0.3 is 5.97 Å². The van der Waals surface area contributed by atoms with E-state index in [1.807, 2.05) is 27.7 Å². The number of piperidine rings is 1. The van der Waals surface area contributed by atoms with Crippen LogP contribution in [0.25, 0.3) is 0 Å². The normalized spacial score (nSPS) is 39.6. The van der Waals surface area contributed by atoms with Crippen LogP contribution < -0.4 is 5.73 Å². The average Bonchev–Trinajstić information content (AvgIpc) is 3.19. The molecule has 0 radical (unpaired) electrons. The molecule has 13 atom stereocenters. The van der Waals surface area contributed by atoms with Gasteiger partial charge in [0.15, 0.2) is 0 Å². The van der Waals surface area contributed by atoms with Gasteiger partial charge in [-0.25, -0.2) is 4.79 Å². The molecular weight excluding hydrogens is 728 g/mol. The van der Waals surface area contributed by atoms with Crippen LogP contribution in [0.2, 0.25) is 0 Å². The van der Waals surface area contributed by atoms with Gasteiger partial charge in [-0.3, -0.25) is 14.4 Å². The van der Waals surface area contributed by atoms with Crippen molar-refractivity contribution in [2.45, 2.75) is 167 Å². The number of allylic oxidation sites excluding steroid dienone is 3. The minimum Gasteiger partial charge on any atom is -0.456 e. The maximum Gasteiger partial charge on any atom is 0.329 e. The number of carbonyl (C=O) groups excluding carboxylic acids is 4. The van der Waals surface area contributed by atoms with Crippen LogP contribution >= 0.6 is 0 Å². The van der Waals surface area contributed by atoms with E-state index in [4.69, 9.17) is 29.4 Å². The van der Waals surface area contributed by atoms with Crippen molar-refractivity contribution < 1.29 is 48.0 Å². The average molecular weight is 801 g/mol. The van der Waals surface area contributed by atoms with Crippen molar-refractivity contribution in [2.75, 3.05) is 27.4 Å². The van der Waals surface area contributed by atoms with Crippen molar-refractivity contribution in [3.05, 3.63) is 36.0 Å². The fraction of sp³-hybridized carbons (Fsp3) is 0.778. The largest absolute Gasteiger partial charge is 0.456 e. The van der Waals surface area contributed by atoms with Crippen molar-refractivity contribution in [2.24, 2.45) is 35.3 Å². The number of hydrogen-bond donors (Lipinski definition) is 2. The smallest absolute Gasteiger partial charge is 0.329 e. The zero-order valence-corrected chi connectivity index (χ0v) is 35.9. The predicted octanol–water partition coefficient (Wildman–Crippen LogP) is 6.02. The number of aliphatic hydroxyl groups is 1. The molecule has 2 saturated heterocycles. The molecule has 3 aliphatic heterocycles. The SMILES string of the molecule is C=CCOC1CC(C=C(C)C2OC(=O)C3CCCCN3C(=O)C(=O)C3(O)OC(C(OC)CC(C)C/C(C)=C/C(CC)C(=O)CCC2C)C(OC)CC3C)CCC1N. The third-order valence-corrected chi connectivity index (χ3v) is 13.0. The molecular formula is C45H72N2O10. The van der Waals surface area contributed by atoms with Crippen LogP contribution in [0.5, 0.6) is 0 Å². The topological polar surface area (TPSA) is 164 Å². The van der Waals surface area contributed by atoms with Crippen molar-refractivity contribution in [1.82, 2.24) is 4.90 Å². The van der Waals surface area contributed by atoms with Crippen LogP contribution in [0.1, 0.15) is 119 Å². The standard InChI is InChI=1S/C45H72N2O10/c1-10-20-55-37-26-32(16-17-34(37)46)24-30(6)40-29(5)15-18-36(48)33(11-2)22-27(3)21-28(4)23-38(53-8)41-39(54-9)25-31(7)45(52,57-41)42(49)43(50)47-19-13-12-14-35(47)44(51)56-40/h10,22,24,28-29,31-35,37-41,52H,1,11-21,23,25-26,46H2,2-9H3/b27-22+,30-24?.